The number of carbonyl (C=O) groups excluding carboxylic acids is 1. The summed E-state index contributed by atoms with van der Waals surface area (Å²) in [5, 5.41) is 5.89. The molecule has 1 N–H and O–H groups in total. The first-order valence-corrected chi connectivity index (χ1v) is 10.6. The predicted octanol–water partition coefficient (Wildman–Crippen LogP) is 4.31. The van der Waals surface area contributed by atoms with Crippen molar-refractivity contribution in [3.63, 3.8) is 0 Å². The maximum Gasteiger partial charge on any atom is 0.228 e. The van der Waals surface area contributed by atoms with E-state index >= 15 is 0 Å². The predicted molar refractivity (Wildman–Crippen MR) is 113 cm³/mol. The first-order chi connectivity index (χ1) is 13.8. The van der Waals surface area contributed by atoms with Crippen LogP contribution in [0.1, 0.15) is 24.1 Å². The average molecular weight is 393 g/mol. The van der Waals surface area contributed by atoms with Crippen LogP contribution in [-0.2, 0) is 17.6 Å². The van der Waals surface area contributed by atoms with Gasteiger partial charge in [-0.3, -0.25) is 4.79 Å². The second kappa shape index (κ2) is 8.97. The van der Waals surface area contributed by atoms with Gasteiger partial charge < -0.3 is 10.2 Å². The van der Waals surface area contributed by atoms with Crippen molar-refractivity contribution in [3.05, 3.63) is 71.4 Å². The number of carbonyl (C=O) groups is 1. The number of thiazole rings is 1. The zero-order valence-corrected chi connectivity index (χ0v) is 16.6. The number of hydrogen-bond donors (Lipinski definition) is 1. The molecule has 3 aromatic rings. The summed E-state index contributed by atoms with van der Waals surface area (Å²) in [5.41, 5.74) is 2.21. The Hall–Kier alpha value is -2.73. The summed E-state index contributed by atoms with van der Waals surface area (Å²) >= 11 is 1.50. The van der Waals surface area contributed by atoms with Gasteiger partial charge in [0.2, 0.25) is 5.91 Å². The molecular formula is C22H24N4OS. The van der Waals surface area contributed by atoms with Crippen molar-refractivity contribution < 1.29 is 4.79 Å². The summed E-state index contributed by atoms with van der Waals surface area (Å²) in [6.07, 6.45) is 5.36. The van der Waals surface area contributed by atoms with Crippen molar-refractivity contribution in [2.75, 3.05) is 18.4 Å². The Morgan fingerprint density at radius 2 is 1.89 bits per heavy atom. The number of nitrogens with zero attached hydrogens (tertiary/aromatic N) is 3. The van der Waals surface area contributed by atoms with Crippen LogP contribution in [0.5, 0.6) is 0 Å². The van der Waals surface area contributed by atoms with Crippen molar-refractivity contribution in [2.45, 2.75) is 25.7 Å². The Bertz CT molecular complexity index is 889. The number of rotatable bonds is 6. The van der Waals surface area contributed by atoms with E-state index in [1.165, 1.54) is 16.9 Å². The van der Waals surface area contributed by atoms with Crippen LogP contribution in [0, 0.1) is 5.92 Å². The minimum absolute atomic E-state index is 0.174. The summed E-state index contributed by atoms with van der Waals surface area (Å²) in [7, 11) is 0. The molecule has 144 valence electrons. The van der Waals surface area contributed by atoms with Crippen LogP contribution in [0.2, 0.25) is 0 Å². The minimum atomic E-state index is 0.174. The third-order valence-corrected chi connectivity index (χ3v) is 5.92. The molecule has 0 aliphatic carbocycles. The highest BCUT2D eigenvalue weighted by Gasteiger charge is 2.23. The molecule has 5 nitrogen and oxygen atoms in total. The zero-order valence-electron chi connectivity index (χ0n) is 15.8. The summed E-state index contributed by atoms with van der Waals surface area (Å²) in [6.45, 7) is 1.69. The van der Waals surface area contributed by atoms with Crippen LogP contribution in [0.15, 0.2) is 60.1 Å². The minimum Gasteiger partial charge on any atom is -0.342 e. The molecule has 1 aromatic carbocycles. The van der Waals surface area contributed by atoms with Crippen molar-refractivity contribution in [3.8, 4) is 0 Å². The molecule has 3 heterocycles. The SMILES string of the molecule is O=C(Cc1csc(Nc2ccccn2)n1)N1CCC(Cc2ccccc2)CC1. The molecule has 2 aromatic heterocycles. The van der Waals surface area contributed by atoms with Crippen molar-refractivity contribution >= 4 is 28.2 Å². The third kappa shape index (κ3) is 4.95. The first kappa shape index (κ1) is 18.6. The zero-order chi connectivity index (χ0) is 19.2. The molecule has 1 fully saturated rings. The molecule has 0 unspecified atom stereocenters. The van der Waals surface area contributed by atoms with Crippen LogP contribution < -0.4 is 5.32 Å². The van der Waals surface area contributed by atoms with Gasteiger partial charge in [0.1, 0.15) is 5.82 Å². The van der Waals surface area contributed by atoms with Crippen LogP contribution in [0.25, 0.3) is 0 Å². The van der Waals surface area contributed by atoms with Crippen LogP contribution in [0.4, 0.5) is 10.9 Å². The second-order valence-electron chi connectivity index (χ2n) is 7.17. The number of amides is 1. The molecule has 0 radical (unpaired) electrons. The molecule has 0 spiro atoms. The van der Waals surface area contributed by atoms with Crippen LogP contribution in [0.3, 0.4) is 0 Å². The fourth-order valence-electron chi connectivity index (χ4n) is 3.59. The van der Waals surface area contributed by atoms with Gasteiger partial charge in [0.25, 0.3) is 0 Å². The summed E-state index contributed by atoms with van der Waals surface area (Å²) in [5.74, 6) is 1.60. The Kier molecular flexibility index (Phi) is 5.97. The number of pyridine rings is 1. The number of nitrogens with one attached hydrogen (secondary N) is 1. The van der Waals surface area contributed by atoms with Gasteiger partial charge in [-0.15, -0.1) is 11.3 Å². The fourth-order valence-corrected chi connectivity index (χ4v) is 4.31. The summed E-state index contributed by atoms with van der Waals surface area (Å²) in [4.78, 5) is 23.4. The van der Waals surface area contributed by atoms with Crippen LogP contribution >= 0.6 is 11.3 Å². The Balaban J connectivity index is 1.26. The maximum absolute atomic E-state index is 12.7. The van der Waals surface area contributed by atoms with Crippen molar-refractivity contribution in [1.29, 1.82) is 0 Å². The Morgan fingerprint density at radius 3 is 2.64 bits per heavy atom. The quantitative estimate of drug-likeness (QED) is 0.679. The Labute approximate surface area is 169 Å². The van der Waals surface area contributed by atoms with E-state index in [2.05, 4.69) is 45.6 Å². The number of likely N-dealkylation sites (tertiary alicyclic amines) is 1. The van der Waals surface area contributed by atoms with E-state index in [9.17, 15) is 4.79 Å². The van der Waals surface area contributed by atoms with E-state index in [1.54, 1.807) is 6.20 Å². The first-order valence-electron chi connectivity index (χ1n) is 9.70. The number of aromatic nitrogens is 2. The molecule has 0 saturated carbocycles. The van der Waals surface area contributed by atoms with E-state index in [0.29, 0.717) is 12.3 Å². The normalized spacial score (nSPS) is 14.8. The molecule has 1 amide bonds. The van der Waals surface area contributed by atoms with Crippen molar-refractivity contribution in [1.82, 2.24) is 14.9 Å². The number of hydrogen-bond acceptors (Lipinski definition) is 5. The molecular weight excluding hydrogens is 368 g/mol. The lowest BCUT2D eigenvalue weighted by molar-refractivity contribution is -0.131. The molecule has 1 aliphatic heterocycles. The van der Waals surface area contributed by atoms with E-state index in [-0.39, 0.29) is 5.91 Å². The number of anilines is 2. The largest absolute Gasteiger partial charge is 0.342 e. The molecule has 0 atom stereocenters. The molecule has 0 bridgehead atoms. The highest BCUT2D eigenvalue weighted by atomic mass is 32.1. The van der Waals surface area contributed by atoms with Gasteiger partial charge >= 0.3 is 0 Å². The van der Waals surface area contributed by atoms with Gasteiger partial charge in [-0.2, -0.15) is 0 Å². The van der Waals surface area contributed by atoms with Gasteiger partial charge in [-0.05, 0) is 42.9 Å². The van der Waals surface area contributed by atoms with E-state index < -0.39 is 0 Å². The molecule has 6 heteroatoms. The van der Waals surface area contributed by atoms with Crippen LogP contribution in [-0.4, -0.2) is 33.9 Å². The lowest BCUT2D eigenvalue weighted by atomic mass is 9.90. The standard InChI is InChI=1S/C22H24N4OS/c27-21(15-19-16-28-22(24-19)25-20-8-4-5-11-23-20)26-12-9-18(10-13-26)14-17-6-2-1-3-7-17/h1-8,11,16,18H,9-10,12-15H2,(H,23,24,25). The fraction of sp³-hybridized carbons (Fsp3) is 0.318. The highest BCUT2D eigenvalue weighted by Crippen LogP contribution is 2.23. The van der Waals surface area contributed by atoms with Gasteiger partial charge in [-0.1, -0.05) is 36.4 Å². The van der Waals surface area contributed by atoms with Crippen molar-refractivity contribution in [2.24, 2.45) is 5.92 Å². The molecule has 1 aliphatic rings. The number of benzene rings is 1. The van der Waals surface area contributed by atoms with E-state index in [4.69, 9.17) is 0 Å². The van der Waals surface area contributed by atoms with E-state index in [0.717, 1.165) is 49.0 Å². The summed E-state index contributed by atoms with van der Waals surface area (Å²) < 4.78 is 0. The topological polar surface area (TPSA) is 58.1 Å². The molecule has 4 rings (SSSR count). The summed E-state index contributed by atoms with van der Waals surface area (Å²) in [6, 6.07) is 16.3. The smallest absolute Gasteiger partial charge is 0.228 e. The second-order valence-corrected chi connectivity index (χ2v) is 8.03. The van der Waals surface area contributed by atoms with Gasteiger partial charge in [0, 0.05) is 24.7 Å². The lowest BCUT2D eigenvalue weighted by Crippen LogP contribution is -2.39. The monoisotopic (exact) mass is 392 g/mol. The number of piperidine rings is 1. The third-order valence-electron chi connectivity index (χ3n) is 5.12. The molecule has 1 saturated heterocycles. The average Bonchev–Trinajstić information content (AvgIpc) is 3.17. The van der Waals surface area contributed by atoms with E-state index in [1.807, 2.05) is 28.5 Å². The maximum atomic E-state index is 12.7. The lowest BCUT2D eigenvalue weighted by Gasteiger charge is -2.32. The molecule has 28 heavy (non-hydrogen) atoms. The Morgan fingerprint density at radius 1 is 1.11 bits per heavy atom. The van der Waals surface area contributed by atoms with Gasteiger partial charge in [-0.25, -0.2) is 9.97 Å². The highest BCUT2D eigenvalue weighted by molar-refractivity contribution is 7.13. The van der Waals surface area contributed by atoms with Gasteiger partial charge in [0.15, 0.2) is 5.13 Å². The van der Waals surface area contributed by atoms with Gasteiger partial charge in [0.05, 0.1) is 12.1 Å².